The zero-order valence-corrected chi connectivity index (χ0v) is 10.1. The molecule has 0 amide bonds. The Balaban J connectivity index is 2.65. The Bertz CT molecular complexity index is 315. The molecule has 0 aliphatic heterocycles. The number of nitrogens with zero attached hydrogens (tertiary/aromatic N) is 1. The van der Waals surface area contributed by atoms with E-state index in [1.54, 1.807) is 13.3 Å². The molecule has 0 atom stereocenters. The molecule has 1 heterocycles. The van der Waals surface area contributed by atoms with Crippen molar-refractivity contribution in [2.45, 2.75) is 25.9 Å². The van der Waals surface area contributed by atoms with Crippen LogP contribution in [0.4, 0.5) is 0 Å². The third-order valence-electron chi connectivity index (χ3n) is 2.13. The van der Waals surface area contributed by atoms with E-state index in [1.165, 1.54) is 0 Å². The third-order valence-corrected chi connectivity index (χ3v) is 2.80. The van der Waals surface area contributed by atoms with E-state index in [-0.39, 0.29) is 5.54 Å². The number of aromatic nitrogens is 1. The summed E-state index contributed by atoms with van der Waals surface area (Å²) in [5.41, 5.74) is 0.959. The highest BCUT2D eigenvalue weighted by Crippen LogP contribution is 2.15. The zero-order chi connectivity index (χ0) is 11.3. The van der Waals surface area contributed by atoms with E-state index in [2.05, 4.69) is 24.1 Å². The third kappa shape index (κ3) is 3.68. The van der Waals surface area contributed by atoms with Gasteiger partial charge in [0.1, 0.15) is 0 Å². The van der Waals surface area contributed by atoms with Gasteiger partial charge in [0.15, 0.2) is 0 Å². The minimum absolute atomic E-state index is 0.0809. The average molecular weight is 229 g/mol. The summed E-state index contributed by atoms with van der Waals surface area (Å²) in [5.74, 6) is 1.23. The molecule has 4 heteroatoms. The van der Waals surface area contributed by atoms with Crippen LogP contribution in [0.3, 0.4) is 0 Å². The van der Waals surface area contributed by atoms with Crippen molar-refractivity contribution >= 4 is 11.6 Å². The van der Waals surface area contributed by atoms with Gasteiger partial charge < -0.3 is 10.1 Å². The number of hydrogen-bond donors (Lipinski definition) is 1. The molecular weight excluding hydrogens is 212 g/mol. The lowest BCUT2D eigenvalue weighted by Gasteiger charge is -2.23. The number of pyridine rings is 1. The number of alkyl halides is 1. The molecule has 1 aromatic rings. The molecule has 0 fully saturated rings. The van der Waals surface area contributed by atoms with Crippen molar-refractivity contribution in [3.8, 4) is 5.88 Å². The van der Waals surface area contributed by atoms with E-state index >= 15 is 0 Å². The lowest BCUT2D eigenvalue weighted by Crippen LogP contribution is -2.40. The molecule has 0 aromatic carbocycles. The molecule has 3 nitrogen and oxygen atoms in total. The van der Waals surface area contributed by atoms with Crippen molar-refractivity contribution in [3.63, 3.8) is 0 Å². The van der Waals surface area contributed by atoms with Crippen LogP contribution in [0.15, 0.2) is 18.3 Å². The Morgan fingerprint density at radius 2 is 2.27 bits per heavy atom. The maximum absolute atomic E-state index is 5.82. The Morgan fingerprint density at radius 1 is 1.53 bits per heavy atom. The maximum Gasteiger partial charge on any atom is 0.217 e. The lowest BCUT2D eigenvalue weighted by atomic mass is 10.1. The summed E-state index contributed by atoms with van der Waals surface area (Å²) in [6.45, 7) is 4.82. The van der Waals surface area contributed by atoms with Crippen molar-refractivity contribution in [1.82, 2.24) is 10.3 Å². The Hall–Kier alpha value is -0.800. The van der Waals surface area contributed by atoms with Gasteiger partial charge in [-0.05, 0) is 19.9 Å². The molecule has 0 aliphatic rings. The first-order valence-electron chi connectivity index (χ1n) is 4.88. The van der Waals surface area contributed by atoms with Gasteiger partial charge in [0.25, 0.3) is 0 Å². The second-order valence-corrected chi connectivity index (χ2v) is 4.31. The summed E-state index contributed by atoms with van der Waals surface area (Å²) < 4.78 is 5.16. The number of nitrogens with one attached hydrogen (secondary N) is 1. The van der Waals surface area contributed by atoms with Crippen molar-refractivity contribution in [2.24, 2.45) is 0 Å². The van der Waals surface area contributed by atoms with Gasteiger partial charge in [0, 0.05) is 29.7 Å². The van der Waals surface area contributed by atoms with Crippen molar-refractivity contribution in [2.75, 3.05) is 13.0 Å². The fraction of sp³-hybridized carbons (Fsp3) is 0.545. The monoisotopic (exact) mass is 228 g/mol. The highest BCUT2D eigenvalue weighted by Gasteiger charge is 2.15. The zero-order valence-electron chi connectivity index (χ0n) is 9.38. The fourth-order valence-electron chi connectivity index (χ4n) is 1.12. The Labute approximate surface area is 95.8 Å². The van der Waals surface area contributed by atoms with Gasteiger partial charge in [0.05, 0.1) is 7.11 Å². The molecule has 0 bridgehead atoms. The van der Waals surface area contributed by atoms with Gasteiger partial charge in [-0.2, -0.15) is 0 Å². The molecule has 0 spiro atoms. The Morgan fingerprint density at radius 3 is 2.87 bits per heavy atom. The SMILES string of the molecule is COc1ncccc1CNC(C)(C)CCl. The van der Waals surface area contributed by atoms with Crippen LogP contribution < -0.4 is 10.1 Å². The molecule has 1 N–H and O–H groups in total. The summed E-state index contributed by atoms with van der Waals surface area (Å²) in [7, 11) is 1.62. The van der Waals surface area contributed by atoms with Gasteiger partial charge in [0.2, 0.25) is 5.88 Å². The van der Waals surface area contributed by atoms with E-state index in [9.17, 15) is 0 Å². The molecule has 1 rings (SSSR count). The highest BCUT2D eigenvalue weighted by molar-refractivity contribution is 6.18. The van der Waals surface area contributed by atoms with E-state index in [0.717, 1.165) is 5.56 Å². The number of methoxy groups -OCH3 is 1. The van der Waals surface area contributed by atoms with E-state index in [0.29, 0.717) is 18.3 Å². The molecule has 0 saturated heterocycles. The second kappa shape index (κ2) is 5.33. The van der Waals surface area contributed by atoms with Crippen LogP contribution in [0.1, 0.15) is 19.4 Å². The molecule has 15 heavy (non-hydrogen) atoms. The van der Waals surface area contributed by atoms with Crippen molar-refractivity contribution < 1.29 is 4.74 Å². The van der Waals surface area contributed by atoms with Gasteiger partial charge >= 0.3 is 0 Å². The fourth-order valence-corrected chi connectivity index (χ4v) is 1.22. The van der Waals surface area contributed by atoms with Crippen LogP contribution in [0, 0.1) is 0 Å². The highest BCUT2D eigenvalue weighted by atomic mass is 35.5. The first kappa shape index (κ1) is 12.3. The van der Waals surface area contributed by atoms with Crippen LogP contribution in [0.5, 0.6) is 5.88 Å². The van der Waals surface area contributed by atoms with Crippen LogP contribution in [-0.2, 0) is 6.54 Å². The van der Waals surface area contributed by atoms with E-state index < -0.39 is 0 Å². The molecule has 0 radical (unpaired) electrons. The first-order chi connectivity index (χ1) is 7.09. The molecule has 0 aliphatic carbocycles. The van der Waals surface area contributed by atoms with E-state index in [1.807, 2.05) is 12.1 Å². The summed E-state index contributed by atoms with van der Waals surface area (Å²) in [5, 5.41) is 3.35. The maximum atomic E-state index is 5.82. The summed E-state index contributed by atoms with van der Waals surface area (Å²) in [6, 6.07) is 3.89. The van der Waals surface area contributed by atoms with Crippen LogP contribution in [-0.4, -0.2) is 23.5 Å². The minimum Gasteiger partial charge on any atom is -0.481 e. The largest absolute Gasteiger partial charge is 0.481 e. The van der Waals surface area contributed by atoms with Crippen LogP contribution >= 0.6 is 11.6 Å². The lowest BCUT2D eigenvalue weighted by molar-refractivity contribution is 0.380. The Kier molecular flexibility index (Phi) is 4.36. The summed E-state index contributed by atoms with van der Waals surface area (Å²) in [4.78, 5) is 4.13. The summed E-state index contributed by atoms with van der Waals surface area (Å²) in [6.07, 6.45) is 1.72. The molecule has 84 valence electrons. The standard InChI is InChI=1S/C11H17ClN2O/c1-11(2,8-12)14-7-9-5-4-6-13-10(9)15-3/h4-6,14H,7-8H2,1-3H3. The van der Waals surface area contributed by atoms with Gasteiger partial charge in [-0.25, -0.2) is 4.98 Å². The summed E-state index contributed by atoms with van der Waals surface area (Å²) >= 11 is 5.82. The smallest absolute Gasteiger partial charge is 0.217 e. The minimum atomic E-state index is -0.0809. The quantitative estimate of drug-likeness (QED) is 0.785. The predicted molar refractivity (Wildman–Crippen MR) is 62.4 cm³/mol. The van der Waals surface area contributed by atoms with Crippen molar-refractivity contribution in [1.29, 1.82) is 0 Å². The van der Waals surface area contributed by atoms with Gasteiger partial charge in [-0.15, -0.1) is 11.6 Å². The normalized spacial score (nSPS) is 11.5. The second-order valence-electron chi connectivity index (χ2n) is 4.04. The number of ether oxygens (including phenoxy) is 1. The van der Waals surface area contributed by atoms with Crippen molar-refractivity contribution in [3.05, 3.63) is 23.9 Å². The molecule has 0 unspecified atom stereocenters. The molecule has 1 aromatic heterocycles. The topological polar surface area (TPSA) is 34.1 Å². The first-order valence-corrected chi connectivity index (χ1v) is 5.41. The van der Waals surface area contributed by atoms with Crippen LogP contribution in [0.25, 0.3) is 0 Å². The van der Waals surface area contributed by atoms with Crippen LogP contribution in [0.2, 0.25) is 0 Å². The number of rotatable bonds is 5. The number of hydrogen-bond acceptors (Lipinski definition) is 3. The predicted octanol–water partition coefficient (Wildman–Crippen LogP) is 2.20. The average Bonchev–Trinajstić information content (AvgIpc) is 2.27. The molecule has 0 saturated carbocycles. The van der Waals surface area contributed by atoms with E-state index in [4.69, 9.17) is 16.3 Å². The number of halogens is 1. The van der Waals surface area contributed by atoms with Gasteiger partial charge in [-0.3, -0.25) is 0 Å². The molecular formula is C11H17ClN2O. The van der Waals surface area contributed by atoms with Gasteiger partial charge in [-0.1, -0.05) is 6.07 Å².